The number of nitrogens with one attached hydrogen (secondary N) is 1. The number of hydrogen-bond acceptors (Lipinski definition) is 5. The predicted octanol–water partition coefficient (Wildman–Crippen LogP) is 2.35. The van der Waals surface area contributed by atoms with Gasteiger partial charge in [0.15, 0.2) is 0 Å². The van der Waals surface area contributed by atoms with E-state index in [0.717, 1.165) is 22.2 Å². The lowest BCUT2D eigenvalue weighted by Gasteiger charge is -2.07. The van der Waals surface area contributed by atoms with Crippen LogP contribution in [-0.2, 0) is 0 Å². The van der Waals surface area contributed by atoms with Gasteiger partial charge in [-0.2, -0.15) is 0 Å². The van der Waals surface area contributed by atoms with Crippen molar-refractivity contribution in [3.05, 3.63) is 48.2 Å². The van der Waals surface area contributed by atoms with Crippen LogP contribution in [-0.4, -0.2) is 39.4 Å². The van der Waals surface area contributed by atoms with Crippen LogP contribution in [0.2, 0.25) is 0 Å². The van der Waals surface area contributed by atoms with Crippen molar-refractivity contribution in [2.45, 2.75) is 20.1 Å². The lowest BCUT2D eigenvalue weighted by Crippen LogP contribution is -2.29. The van der Waals surface area contributed by atoms with Gasteiger partial charge in [0.25, 0.3) is 0 Å². The van der Waals surface area contributed by atoms with Gasteiger partial charge < -0.3 is 14.9 Å². The maximum absolute atomic E-state index is 9.55. The maximum Gasteiger partial charge on any atom is 0.233 e. The summed E-state index contributed by atoms with van der Waals surface area (Å²) in [5, 5.41) is 28.0. The molecule has 1 unspecified atom stereocenters. The largest absolute Gasteiger partial charge is 0.508 e. The van der Waals surface area contributed by atoms with Crippen LogP contribution in [0.25, 0.3) is 16.5 Å². The lowest BCUT2D eigenvalue weighted by atomic mass is 10.1. The van der Waals surface area contributed by atoms with E-state index < -0.39 is 6.23 Å². The van der Waals surface area contributed by atoms with Gasteiger partial charge in [0.2, 0.25) is 5.88 Å². The molecule has 1 atom stereocenters. The molecule has 3 N–H and O–H groups in total. The molecular weight excluding hydrogens is 306 g/mol. The van der Waals surface area contributed by atoms with Crippen LogP contribution >= 0.6 is 0 Å². The summed E-state index contributed by atoms with van der Waals surface area (Å²) in [6.45, 7) is 4.61. The van der Waals surface area contributed by atoms with Crippen molar-refractivity contribution in [2.75, 3.05) is 13.2 Å². The molecule has 0 amide bonds. The predicted molar refractivity (Wildman–Crippen MR) is 92.7 cm³/mol. The first-order chi connectivity index (χ1) is 11.5. The molecule has 0 aliphatic carbocycles. The van der Waals surface area contributed by atoms with Crippen LogP contribution in [0, 0.1) is 6.92 Å². The van der Waals surface area contributed by atoms with Crippen molar-refractivity contribution in [1.82, 2.24) is 15.1 Å². The van der Waals surface area contributed by atoms with E-state index in [2.05, 4.69) is 10.4 Å². The second-order valence-corrected chi connectivity index (χ2v) is 5.73. The fraction of sp³-hybridized carbons (Fsp3) is 0.278. The van der Waals surface area contributed by atoms with Gasteiger partial charge in [-0.3, -0.25) is 5.32 Å². The first-order valence-corrected chi connectivity index (χ1v) is 7.87. The molecule has 3 rings (SSSR count). The van der Waals surface area contributed by atoms with E-state index in [4.69, 9.17) is 9.84 Å². The summed E-state index contributed by atoms with van der Waals surface area (Å²) in [7, 11) is 0. The molecule has 2 aromatic carbocycles. The number of benzene rings is 2. The van der Waals surface area contributed by atoms with E-state index in [0.29, 0.717) is 19.0 Å². The molecule has 0 bridgehead atoms. The normalized spacial score (nSPS) is 12.5. The maximum atomic E-state index is 9.55. The minimum atomic E-state index is -0.551. The number of aromatic nitrogens is 2. The topological polar surface area (TPSA) is 79.5 Å². The van der Waals surface area contributed by atoms with Crippen LogP contribution in [0.15, 0.2) is 42.5 Å². The molecule has 0 radical (unpaired) electrons. The first kappa shape index (κ1) is 16.3. The van der Waals surface area contributed by atoms with Gasteiger partial charge in [-0.1, -0.05) is 12.1 Å². The highest BCUT2D eigenvalue weighted by Crippen LogP contribution is 2.24. The second-order valence-electron chi connectivity index (χ2n) is 5.73. The molecule has 1 aromatic heterocycles. The molecule has 3 aromatic rings. The van der Waals surface area contributed by atoms with Crippen LogP contribution in [0.5, 0.6) is 11.6 Å². The Kier molecular flexibility index (Phi) is 4.69. The summed E-state index contributed by atoms with van der Waals surface area (Å²) >= 11 is 0. The fourth-order valence-corrected chi connectivity index (χ4v) is 2.55. The minimum absolute atomic E-state index is 0.256. The molecule has 1 heterocycles. The number of hydrogen-bond donors (Lipinski definition) is 3. The monoisotopic (exact) mass is 327 g/mol. The number of fused-ring (bicyclic) bond motifs is 1. The average molecular weight is 327 g/mol. The van der Waals surface area contributed by atoms with E-state index in [9.17, 15) is 5.11 Å². The van der Waals surface area contributed by atoms with Crippen LogP contribution < -0.4 is 10.1 Å². The van der Waals surface area contributed by atoms with Gasteiger partial charge >= 0.3 is 0 Å². The third kappa shape index (κ3) is 3.67. The fourth-order valence-electron chi connectivity index (χ4n) is 2.55. The van der Waals surface area contributed by atoms with Crippen molar-refractivity contribution >= 4 is 10.8 Å². The molecule has 6 nitrogen and oxygen atoms in total. The zero-order valence-electron chi connectivity index (χ0n) is 13.7. The van der Waals surface area contributed by atoms with Crippen LogP contribution in [0.3, 0.4) is 0 Å². The standard InChI is InChI=1S/C18H21N3O3/c1-12-9-18(24-8-7-19-13(2)22)20-21(12)16-5-3-15-11-17(23)6-4-14(15)10-16/h3-6,9-11,13,19,22-23H,7-8H2,1-2H3. The molecule has 0 spiro atoms. The summed E-state index contributed by atoms with van der Waals surface area (Å²) in [4.78, 5) is 0. The first-order valence-electron chi connectivity index (χ1n) is 7.87. The highest BCUT2D eigenvalue weighted by Gasteiger charge is 2.08. The zero-order chi connectivity index (χ0) is 17.1. The van der Waals surface area contributed by atoms with E-state index >= 15 is 0 Å². The Morgan fingerprint density at radius 3 is 2.71 bits per heavy atom. The number of nitrogens with zero attached hydrogens (tertiary/aromatic N) is 2. The molecule has 0 aliphatic heterocycles. The van der Waals surface area contributed by atoms with Gasteiger partial charge in [-0.25, -0.2) is 4.68 Å². The quantitative estimate of drug-likeness (QED) is 0.478. The summed E-state index contributed by atoms with van der Waals surface area (Å²) in [6, 6.07) is 13.1. The van der Waals surface area contributed by atoms with E-state index in [1.54, 1.807) is 19.1 Å². The van der Waals surface area contributed by atoms with Gasteiger partial charge in [-0.05, 0) is 48.9 Å². The summed E-state index contributed by atoms with van der Waals surface area (Å²) in [5.74, 6) is 0.803. The molecular formula is C18H21N3O3. The molecule has 24 heavy (non-hydrogen) atoms. The third-order valence-electron chi connectivity index (χ3n) is 3.71. The Morgan fingerprint density at radius 2 is 1.92 bits per heavy atom. The van der Waals surface area contributed by atoms with Crippen molar-refractivity contribution in [1.29, 1.82) is 0 Å². The Bertz CT molecular complexity index is 843. The molecule has 126 valence electrons. The number of phenols is 1. The lowest BCUT2D eigenvalue weighted by molar-refractivity contribution is 0.147. The Morgan fingerprint density at radius 1 is 1.17 bits per heavy atom. The molecule has 0 saturated carbocycles. The summed E-state index contributed by atoms with van der Waals surface area (Å²) < 4.78 is 7.43. The zero-order valence-corrected chi connectivity index (χ0v) is 13.7. The number of aliphatic hydroxyl groups is 1. The number of aliphatic hydroxyl groups excluding tert-OH is 1. The van der Waals surface area contributed by atoms with Gasteiger partial charge in [0.1, 0.15) is 18.6 Å². The van der Waals surface area contributed by atoms with Crippen molar-refractivity contribution in [2.24, 2.45) is 0 Å². The van der Waals surface area contributed by atoms with Gasteiger partial charge in [-0.15, -0.1) is 5.10 Å². The average Bonchev–Trinajstić information content (AvgIpc) is 2.92. The number of aromatic hydroxyl groups is 1. The Hall–Kier alpha value is -2.57. The second kappa shape index (κ2) is 6.90. The third-order valence-corrected chi connectivity index (χ3v) is 3.71. The summed E-state index contributed by atoms with van der Waals surface area (Å²) in [5.41, 5.74) is 1.90. The SMILES string of the molecule is Cc1cc(OCCNC(C)O)nn1-c1ccc2cc(O)ccc2c1. The van der Waals surface area contributed by atoms with Crippen LogP contribution in [0.1, 0.15) is 12.6 Å². The Balaban J connectivity index is 1.78. The van der Waals surface area contributed by atoms with E-state index in [-0.39, 0.29) is 5.75 Å². The number of aryl methyl sites for hydroxylation is 1. The molecule has 6 heteroatoms. The summed E-state index contributed by atoms with van der Waals surface area (Å²) in [6.07, 6.45) is -0.551. The van der Waals surface area contributed by atoms with Crippen molar-refractivity contribution < 1.29 is 14.9 Å². The van der Waals surface area contributed by atoms with E-state index in [1.165, 1.54) is 0 Å². The number of rotatable bonds is 6. The van der Waals surface area contributed by atoms with Gasteiger partial charge in [0.05, 0.1) is 5.69 Å². The minimum Gasteiger partial charge on any atom is -0.508 e. The highest BCUT2D eigenvalue weighted by atomic mass is 16.5. The smallest absolute Gasteiger partial charge is 0.233 e. The highest BCUT2D eigenvalue weighted by molar-refractivity contribution is 5.85. The van der Waals surface area contributed by atoms with Crippen molar-refractivity contribution in [3.63, 3.8) is 0 Å². The molecule has 0 saturated heterocycles. The molecule has 0 fully saturated rings. The van der Waals surface area contributed by atoms with Crippen LogP contribution in [0.4, 0.5) is 0 Å². The number of ether oxygens (including phenoxy) is 1. The van der Waals surface area contributed by atoms with Crippen molar-refractivity contribution in [3.8, 4) is 17.3 Å². The Labute approximate surface area is 140 Å². The van der Waals surface area contributed by atoms with E-state index in [1.807, 2.05) is 41.9 Å². The molecule has 0 aliphatic rings. The number of phenolic OH excluding ortho intramolecular Hbond substituents is 1. The van der Waals surface area contributed by atoms with Gasteiger partial charge in [0, 0.05) is 18.3 Å².